The van der Waals surface area contributed by atoms with Gasteiger partial charge in [0.05, 0.1) is 22.2 Å². The topological polar surface area (TPSA) is 67.8 Å². The number of nitrogens with two attached hydrogens (primary N) is 1. The molecule has 0 saturated heterocycles. The van der Waals surface area contributed by atoms with Crippen LogP contribution in [0.2, 0.25) is 5.02 Å². The van der Waals surface area contributed by atoms with E-state index in [0.29, 0.717) is 13.0 Å². The molecule has 0 aromatic heterocycles. The predicted molar refractivity (Wildman–Crippen MR) is 95.8 cm³/mol. The molecule has 0 spiro atoms. The summed E-state index contributed by atoms with van der Waals surface area (Å²) in [6.07, 6.45) is 0.900. The van der Waals surface area contributed by atoms with Gasteiger partial charge in [0.25, 0.3) is 0 Å². The van der Waals surface area contributed by atoms with Crippen LogP contribution in [0.1, 0.15) is 25.3 Å². The van der Waals surface area contributed by atoms with Crippen molar-refractivity contribution in [1.82, 2.24) is 0 Å². The van der Waals surface area contributed by atoms with E-state index in [4.69, 9.17) is 22.1 Å². The first-order valence-corrected chi connectivity index (χ1v) is 8.64. The number of halogens is 4. The zero-order valence-electron chi connectivity index (χ0n) is 14.3. The Morgan fingerprint density at radius 2 is 2.08 bits per heavy atom. The van der Waals surface area contributed by atoms with E-state index in [1.54, 1.807) is 12.3 Å². The summed E-state index contributed by atoms with van der Waals surface area (Å²) >= 11 is 5.89. The average Bonchev–Trinajstić information content (AvgIpc) is 3.00. The molecule has 1 aromatic rings. The molecule has 1 aromatic carbocycles. The minimum Gasteiger partial charge on any atom is -0.489 e. The molecule has 0 saturated carbocycles. The standard InChI is InChI=1S/C18H22ClF3N2O2/c1-12(10-23)8-17(5-2-6-24-17)9-14(25)11-26-16-7-13(18(20,21)22)3-4-15(16)19/h2-7,12,14,25H,8-11,23H2,1H3. The van der Waals surface area contributed by atoms with E-state index in [0.717, 1.165) is 18.2 Å². The molecule has 1 heterocycles. The molecular weight excluding hydrogens is 369 g/mol. The number of rotatable bonds is 8. The minimum absolute atomic E-state index is 0.0513. The van der Waals surface area contributed by atoms with E-state index < -0.39 is 23.4 Å². The number of nitrogens with zero attached hydrogens (tertiary/aromatic N) is 1. The van der Waals surface area contributed by atoms with E-state index in [9.17, 15) is 18.3 Å². The van der Waals surface area contributed by atoms with Crippen molar-refractivity contribution in [2.75, 3.05) is 13.2 Å². The molecule has 144 valence electrons. The molecule has 0 fully saturated rings. The fourth-order valence-corrected chi connectivity index (χ4v) is 3.08. The van der Waals surface area contributed by atoms with Gasteiger partial charge in [0.1, 0.15) is 12.4 Å². The van der Waals surface area contributed by atoms with Gasteiger partial charge in [-0.1, -0.05) is 24.6 Å². The maximum atomic E-state index is 12.8. The van der Waals surface area contributed by atoms with E-state index >= 15 is 0 Å². The van der Waals surface area contributed by atoms with E-state index in [1.165, 1.54) is 0 Å². The lowest BCUT2D eigenvalue weighted by Crippen LogP contribution is -2.34. The molecule has 1 aliphatic heterocycles. The van der Waals surface area contributed by atoms with Gasteiger partial charge in [-0.05, 0) is 43.2 Å². The van der Waals surface area contributed by atoms with Crippen molar-refractivity contribution >= 4 is 17.8 Å². The molecule has 0 bridgehead atoms. The molecule has 4 nitrogen and oxygen atoms in total. The zero-order chi connectivity index (χ0) is 19.4. The number of aliphatic imine (C=N–C) groups is 1. The quantitative estimate of drug-likeness (QED) is 0.708. The number of aliphatic hydroxyl groups excluding tert-OH is 1. The van der Waals surface area contributed by atoms with Crippen LogP contribution in [0.5, 0.6) is 5.75 Å². The second kappa shape index (κ2) is 8.41. The van der Waals surface area contributed by atoms with Crippen LogP contribution in [0, 0.1) is 5.92 Å². The van der Waals surface area contributed by atoms with Crippen LogP contribution in [-0.2, 0) is 6.18 Å². The fraction of sp³-hybridized carbons (Fsp3) is 0.500. The monoisotopic (exact) mass is 390 g/mol. The summed E-state index contributed by atoms with van der Waals surface area (Å²) in [4.78, 5) is 4.43. The predicted octanol–water partition coefficient (Wildman–Crippen LogP) is 3.85. The Balaban J connectivity index is 2.01. The highest BCUT2D eigenvalue weighted by molar-refractivity contribution is 6.32. The van der Waals surface area contributed by atoms with Crippen molar-refractivity contribution in [1.29, 1.82) is 0 Å². The molecule has 1 aliphatic rings. The Hall–Kier alpha value is -1.57. The van der Waals surface area contributed by atoms with Gasteiger partial charge in [0, 0.05) is 12.6 Å². The smallest absolute Gasteiger partial charge is 0.416 e. The van der Waals surface area contributed by atoms with Crippen molar-refractivity contribution < 1.29 is 23.0 Å². The van der Waals surface area contributed by atoms with Crippen molar-refractivity contribution in [3.8, 4) is 5.75 Å². The zero-order valence-corrected chi connectivity index (χ0v) is 15.1. The normalized spacial score (nSPS) is 21.8. The van der Waals surface area contributed by atoms with Gasteiger partial charge in [-0.25, -0.2) is 0 Å². The molecule has 3 unspecified atom stereocenters. The molecule has 3 N–H and O–H groups in total. The van der Waals surface area contributed by atoms with Gasteiger partial charge in [-0.15, -0.1) is 0 Å². The molecule has 26 heavy (non-hydrogen) atoms. The van der Waals surface area contributed by atoms with Crippen molar-refractivity contribution in [2.24, 2.45) is 16.6 Å². The SMILES string of the molecule is CC(CN)CC1(CC(O)COc2cc(C(F)(F)F)ccc2Cl)C=CC=N1. The summed E-state index contributed by atoms with van der Waals surface area (Å²) in [5, 5.41) is 10.4. The first-order chi connectivity index (χ1) is 12.1. The third-order valence-corrected chi connectivity index (χ3v) is 4.52. The Morgan fingerprint density at radius 3 is 2.65 bits per heavy atom. The van der Waals surface area contributed by atoms with Crippen molar-refractivity contribution in [3.05, 3.63) is 40.9 Å². The van der Waals surface area contributed by atoms with Crippen LogP contribution >= 0.6 is 11.6 Å². The lowest BCUT2D eigenvalue weighted by Gasteiger charge is -2.29. The third-order valence-electron chi connectivity index (χ3n) is 4.21. The van der Waals surface area contributed by atoms with Crippen LogP contribution in [0.15, 0.2) is 35.3 Å². The fourth-order valence-electron chi connectivity index (χ4n) is 2.91. The van der Waals surface area contributed by atoms with Gasteiger partial charge in [0.15, 0.2) is 0 Å². The number of benzene rings is 1. The molecule has 8 heteroatoms. The minimum atomic E-state index is -4.49. The van der Waals surface area contributed by atoms with Gasteiger partial charge in [0.2, 0.25) is 0 Å². The van der Waals surface area contributed by atoms with Gasteiger partial charge >= 0.3 is 6.18 Å². The maximum Gasteiger partial charge on any atom is 0.416 e. The highest BCUT2D eigenvalue weighted by atomic mass is 35.5. The Bertz CT molecular complexity index is 665. The van der Waals surface area contributed by atoms with Crippen LogP contribution in [0.25, 0.3) is 0 Å². The Labute approximate surface area is 155 Å². The number of aliphatic hydroxyl groups is 1. The van der Waals surface area contributed by atoms with Gasteiger partial charge < -0.3 is 15.6 Å². The molecule has 0 radical (unpaired) electrons. The van der Waals surface area contributed by atoms with E-state index in [2.05, 4.69) is 4.99 Å². The largest absolute Gasteiger partial charge is 0.489 e. The summed E-state index contributed by atoms with van der Waals surface area (Å²) in [5.74, 6) is 0.0938. The average molecular weight is 391 g/mol. The van der Waals surface area contributed by atoms with E-state index in [-0.39, 0.29) is 29.7 Å². The molecule has 0 aliphatic carbocycles. The summed E-state index contributed by atoms with van der Waals surface area (Å²) in [7, 11) is 0. The number of alkyl halides is 3. The summed E-state index contributed by atoms with van der Waals surface area (Å²) in [6.45, 7) is 2.30. The molecule has 2 rings (SSSR count). The van der Waals surface area contributed by atoms with Gasteiger partial charge in [-0.2, -0.15) is 13.2 Å². The highest BCUT2D eigenvalue weighted by Gasteiger charge is 2.33. The van der Waals surface area contributed by atoms with Crippen molar-refractivity contribution in [3.63, 3.8) is 0 Å². The molecule has 3 atom stereocenters. The Morgan fingerprint density at radius 1 is 1.35 bits per heavy atom. The number of hydrogen-bond donors (Lipinski definition) is 2. The van der Waals surface area contributed by atoms with Crippen LogP contribution in [0.3, 0.4) is 0 Å². The lowest BCUT2D eigenvalue weighted by atomic mass is 9.84. The molecule has 0 amide bonds. The summed E-state index contributed by atoms with van der Waals surface area (Å²) < 4.78 is 43.7. The second-order valence-corrected chi connectivity index (χ2v) is 7.00. The second-order valence-electron chi connectivity index (χ2n) is 6.60. The summed E-state index contributed by atoms with van der Waals surface area (Å²) in [5.41, 5.74) is 4.24. The lowest BCUT2D eigenvalue weighted by molar-refractivity contribution is -0.137. The summed E-state index contributed by atoms with van der Waals surface area (Å²) in [6, 6.07) is 2.84. The first-order valence-electron chi connectivity index (χ1n) is 8.26. The van der Waals surface area contributed by atoms with Crippen LogP contribution in [0.4, 0.5) is 13.2 Å². The molecular formula is C18H22ClF3N2O2. The highest BCUT2D eigenvalue weighted by Crippen LogP contribution is 2.35. The third kappa shape index (κ3) is 5.46. The number of hydrogen-bond acceptors (Lipinski definition) is 4. The van der Waals surface area contributed by atoms with Gasteiger partial charge in [-0.3, -0.25) is 4.99 Å². The van der Waals surface area contributed by atoms with E-state index in [1.807, 2.05) is 13.0 Å². The number of allylic oxidation sites excluding steroid dienone is 1. The maximum absolute atomic E-state index is 12.8. The first kappa shape index (κ1) is 20.7. The Kier molecular flexibility index (Phi) is 6.71. The van der Waals surface area contributed by atoms with Crippen molar-refractivity contribution in [2.45, 2.75) is 37.6 Å². The van der Waals surface area contributed by atoms with Crippen LogP contribution < -0.4 is 10.5 Å². The number of ether oxygens (including phenoxy) is 1. The van der Waals surface area contributed by atoms with Crippen LogP contribution in [-0.4, -0.2) is 36.1 Å².